The van der Waals surface area contributed by atoms with Gasteiger partial charge in [-0.1, -0.05) is 13.3 Å². The van der Waals surface area contributed by atoms with Gasteiger partial charge in [-0.3, -0.25) is 4.68 Å². The monoisotopic (exact) mass is 153 g/mol. The van der Waals surface area contributed by atoms with E-state index in [9.17, 15) is 0 Å². The highest BCUT2D eigenvalue weighted by atomic mass is 15.3. The Kier molecular flexibility index (Phi) is 2.63. The van der Waals surface area contributed by atoms with Crippen LogP contribution in [0.2, 0.25) is 0 Å². The maximum Gasteiger partial charge on any atom is 0.147 e. The summed E-state index contributed by atoms with van der Waals surface area (Å²) in [6, 6.07) is 0. The van der Waals surface area contributed by atoms with E-state index >= 15 is 0 Å². The SMILES string of the molecule is CCCCc1nc(C)nn1C. The van der Waals surface area contributed by atoms with Gasteiger partial charge in [0.05, 0.1) is 0 Å². The summed E-state index contributed by atoms with van der Waals surface area (Å²) in [5.41, 5.74) is 0. The van der Waals surface area contributed by atoms with Crippen molar-refractivity contribution >= 4 is 0 Å². The lowest BCUT2D eigenvalue weighted by molar-refractivity contribution is 0.663. The molecule has 0 aliphatic carbocycles. The van der Waals surface area contributed by atoms with E-state index in [1.807, 2.05) is 18.7 Å². The molecule has 0 bridgehead atoms. The van der Waals surface area contributed by atoms with Gasteiger partial charge >= 0.3 is 0 Å². The predicted molar refractivity (Wildman–Crippen MR) is 44.4 cm³/mol. The number of unbranched alkanes of at least 4 members (excludes halogenated alkanes) is 1. The predicted octanol–water partition coefficient (Wildman–Crippen LogP) is 1.47. The highest BCUT2D eigenvalue weighted by molar-refractivity contribution is 4.90. The summed E-state index contributed by atoms with van der Waals surface area (Å²) in [7, 11) is 1.95. The molecule has 1 rings (SSSR count). The molecule has 0 aromatic carbocycles. The second-order valence-corrected chi connectivity index (χ2v) is 2.80. The Morgan fingerprint density at radius 3 is 2.64 bits per heavy atom. The first-order valence-corrected chi connectivity index (χ1v) is 4.10. The standard InChI is InChI=1S/C8H15N3/c1-4-5-6-8-9-7(2)10-11(8)3/h4-6H2,1-3H3. The Labute approximate surface area is 67.4 Å². The molecule has 0 fully saturated rings. The van der Waals surface area contributed by atoms with Crippen LogP contribution in [0.15, 0.2) is 0 Å². The highest BCUT2D eigenvalue weighted by Gasteiger charge is 2.01. The second-order valence-electron chi connectivity index (χ2n) is 2.80. The third kappa shape index (κ3) is 2.03. The van der Waals surface area contributed by atoms with E-state index in [0.29, 0.717) is 0 Å². The van der Waals surface area contributed by atoms with Crippen LogP contribution in [0.1, 0.15) is 31.4 Å². The maximum atomic E-state index is 4.30. The van der Waals surface area contributed by atoms with Gasteiger partial charge in [-0.2, -0.15) is 5.10 Å². The van der Waals surface area contributed by atoms with Gasteiger partial charge in [-0.05, 0) is 13.3 Å². The number of rotatable bonds is 3. The van der Waals surface area contributed by atoms with E-state index in [1.165, 1.54) is 12.8 Å². The van der Waals surface area contributed by atoms with Crippen molar-refractivity contribution in [3.05, 3.63) is 11.6 Å². The molecule has 0 unspecified atom stereocenters. The summed E-state index contributed by atoms with van der Waals surface area (Å²) in [5.74, 6) is 1.97. The van der Waals surface area contributed by atoms with Gasteiger partial charge in [0.25, 0.3) is 0 Å². The van der Waals surface area contributed by atoms with Crippen molar-refractivity contribution in [1.29, 1.82) is 0 Å². The van der Waals surface area contributed by atoms with Crippen LogP contribution >= 0.6 is 0 Å². The summed E-state index contributed by atoms with van der Waals surface area (Å²) < 4.78 is 1.87. The summed E-state index contributed by atoms with van der Waals surface area (Å²) >= 11 is 0. The van der Waals surface area contributed by atoms with Crippen LogP contribution in [0.3, 0.4) is 0 Å². The molecule has 0 atom stereocenters. The number of hydrogen-bond donors (Lipinski definition) is 0. The van der Waals surface area contributed by atoms with Crippen LogP contribution in [-0.4, -0.2) is 14.8 Å². The summed E-state index contributed by atoms with van der Waals surface area (Å²) in [5, 5.41) is 4.17. The lowest BCUT2D eigenvalue weighted by Gasteiger charge is -1.96. The highest BCUT2D eigenvalue weighted by Crippen LogP contribution is 2.00. The molecule has 0 N–H and O–H groups in total. The van der Waals surface area contributed by atoms with Crippen molar-refractivity contribution in [2.45, 2.75) is 33.1 Å². The Balaban J connectivity index is 2.62. The lowest BCUT2D eigenvalue weighted by Crippen LogP contribution is -1.98. The molecule has 0 aliphatic heterocycles. The van der Waals surface area contributed by atoms with E-state index < -0.39 is 0 Å². The zero-order valence-electron chi connectivity index (χ0n) is 7.46. The molecule has 1 aromatic heterocycles. The van der Waals surface area contributed by atoms with Gasteiger partial charge in [0, 0.05) is 13.5 Å². The van der Waals surface area contributed by atoms with Crippen LogP contribution in [0.25, 0.3) is 0 Å². The molecular formula is C8H15N3. The second kappa shape index (κ2) is 3.51. The number of aryl methyl sites for hydroxylation is 3. The van der Waals surface area contributed by atoms with Crippen LogP contribution in [0.5, 0.6) is 0 Å². The summed E-state index contributed by atoms with van der Waals surface area (Å²) in [6.45, 7) is 4.11. The fraction of sp³-hybridized carbons (Fsp3) is 0.750. The molecule has 0 amide bonds. The van der Waals surface area contributed by atoms with E-state index in [2.05, 4.69) is 17.0 Å². The number of hydrogen-bond acceptors (Lipinski definition) is 2. The molecule has 62 valence electrons. The molecular weight excluding hydrogens is 138 g/mol. The zero-order chi connectivity index (χ0) is 8.27. The molecule has 0 saturated heterocycles. The molecule has 0 saturated carbocycles. The maximum absolute atomic E-state index is 4.30. The molecule has 0 radical (unpaired) electrons. The average Bonchev–Trinajstić information content (AvgIpc) is 2.26. The quantitative estimate of drug-likeness (QED) is 0.658. The van der Waals surface area contributed by atoms with Gasteiger partial charge in [-0.15, -0.1) is 0 Å². The van der Waals surface area contributed by atoms with Crippen molar-refractivity contribution in [2.75, 3.05) is 0 Å². The van der Waals surface area contributed by atoms with Crippen LogP contribution in [-0.2, 0) is 13.5 Å². The summed E-state index contributed by atoms with van der Waals surface area (Å²) in [6.07, 6.45) is 3.46. The molecule has 3 heteroatoms. The van der Waals surface area contributed by atoms with Crippen LogP contribution in [0, 0.1) is 6.92 Å². The minimum atomic E-state index is 0.874. The summed E-state index contributed by atoms with van der Waals surface area (Å²) in [4.78, 5) is 4.30. The first kappa shape index (κ1) is 8.24. The zero-order valence-corrected chi connectivity index (χ0v) is 7.46. The Hall–Kier alpha value is -0.860. The minimum Gasteiger partial charge on any atom is -0.253 e. The first-order valence-electron chi connectivity index (χ1n) is 4.10. The molecule has 0 aliphatic rings. The largest absolute Gasteiger partial charge is 0.253 e. The molecule has 11 heavy (non-hydrogen) atoms. The van der Waals surface area contributed by atoms with Crippen molar-refractivity contribution < 1.29 is 0 Å². The molecule has 0 spiro atoms. The van der Waals surface area contributed by atoms with Crippen molar-refractivity contribution in [2.24, 2.45) is 7.05 Å². The molecule has 1 aromatic rings. The Bertz CT molecular complexity index is 227. The van der Waals surface area contributed by atoms with Gasteiger partial charge in [-0.25, -0.2) is 4.98 Å². The van der Waals surface area contributed by atoms with Crippen molar-refractivity contribution in [3.8, 4) is 0 Å². The van der Waals surface area contributed by atoms with E-state index in [4.69, 9.17) is 0 Å². The van der Waals surface area contributed by atoms with Crippen molar-refractivity contribution in [1.82, 2.24) is 14.8 Å². The third-order valence-corrected chi connectivity index (χ3v) is 1.71. The first-order chi connectivity index (χ1) is 5.24. The normalized spacial score (nSPS) is 10.5. The van der Waals surface area contributed by atoms with Crippen molar-refractivity contribution in [3.63, 3.8) is 0 Å². The van der Waals surface area contributed by atoms with Gasteiger partial charge < -0.3 is 0 Å². The fourth-order valence-corrected chi connectivity index (χ4v) is 1.11. The van der Waals surface area contributed by atoms with E-state index in [1.54, 1.807) is 0 Å². The van der Waals surface area contributed by atoms with E-state index in [-0.39, 0.29) is 0 Å². The van der Waals surface area contributed by atoms with Crippen LogP contribution in [0.4, 0.5) is 0 Å². The van der Waals surface area contributed by atoms with Gasteiger partial charge in [0.15, 0.2) is 0 Å². The number of aromatic nitrogens is 3. The topological polar surface area (TPSA) is 30.7 Å². The van der Waals surface area contributed by atoms with Gasteiger partial charge in [0.1, 0.15) is 11.6 Å². The minimum absolute atomic E-state index is 0.874. The fourth-order valence-electron chi connectivity index (χ4n) is 1.11. The lowest BCUT2D eigenvalue weighted by atomic mass is 10.2. The third-order valence-electron chi connectivity index (χ3n) is 1.71. The van der Waals surface area contributed by atoms with Gasteiger partial charge in [0.2, 0.25) is 0 Å². The smallest absolute Gasteiger partial charge is 0.147 e. The number of nitrogens with zero attached hydrogens (tertiary/aromatic N) is 3. The molecule has 1 heterocycles. The Morgan fingerprint density at radius 1 is 1.45 bits per heavy atom. The van der Waals surface area contributed by atoms with E-state index in [0.717, 1.165) is 18.1 Å². The Morgan fingerprint density at radius 2 is 2.18 bits per heavy atom. The van der Waals surface area contributed by atoms with Crippen LogP contribution < -0.4 is 0 Å². The molecule has 3 nitrogen and oxygen atoms in total. The average molecular weight is 153 g/mol.